The first-order valence-corrected chi connectivity index (χ1v) is 8.30. The second kappa shape index (κ2) is 7.01. The highest BCUT2D eigenvalue weighted by atomic mass is 35.5. The standard InChI is InChI=1S/C18H20ClN3O/c1-13-15(19)6-5-7-16(13)21-17-9-8-14(12-20-17)18(23)22-10-3-2-4-11-22/h5-9,12H,2-4,10-11H2,1H3,(H,20,21). The third kappa shape index (κ3) is 3.64. The molecule has 5 heteroatoms. The van der Waals surface area contributed by atoms with Gasteiger partial charge in [-0.1, -0.05) is 17.7 Å². The summed E-state index contributed by atoms with van der Waals surface area (Å²) in [5.41, 5.74) is 2.53. The lowest BCUT2D eigenvalue weighted by atomic mass is 10.1. The first-order chi connectivity index (χ1) is 11.1. The van der Waals surface area contributed by atoms with Gasteiger partial charge < -0.3 is 10.2 Å². The molecule has 2 aromatic rings. The summed E-state index contributed by atoms with van der Waals surface area (Å²) >= 11 is 6.12. The van der Waals surface area contributed by atoms with Crippen molar-refractivity contribution in [3.05, 3.63) is 52.7 Å². The highest BCUT2D eigenvalue weighted by Gasteiger charge is 2.18. The number of benzene rings is 1. The Morgan fingerprint density at radius 1 is 1.17 bits per heavy atom. The first kappa shape index (κ1) is 15.8. The number of aromatic nitrogens is 1. The van der Waals surface area contributed by atoms with E-state index in [9.17, 15) is 4.79 Å². The summed E-state index contributed by atoms with van der Waals surface area (Å²) in [5, 5.41) is 3.95. The molecule has 1 fully saturated rings. The molecule has 4 nitrogen and oxygen atoms in total. The normalized spacial score (nSPS) is 14.6. The lowest BCUT2D eigenvalue weighted by Gasteiger charge is -2.26. The minimum atomic E-state index is 0.0719. The lowest BCUT2D eigenvalue weighted by Crippen LogP contribution is -2.35. The smallest absolute Gasteiger partial charge is 0.255 e. The molecule has 1 aliphatic heterocycles. The molecule has 1 aromatic heterocycles. The van der Waals surface area contributed by atoms with E-state index in [-0.39, 0.29) is 5.91 Å². The molecule has 120 valence electrons. The van der Waals surface area contributed by atoms with Gasteiger partial charge in [0, 0.05) is 30.0 Å². The Morgan fingerprint density at radius 2 is 1.96 bits per heavy atom. The van der Waals surface area contributed by atoms with E-state index >= 15 is 0 Å². The molecular weight excluding hydrogens is 310 g/mol. The molecule has 1 saturated heterocycles. The zero-order valence-corrected chi connectivity index (χ0v) is 13.9. The van der Waals surface area contributed by atoms with Gasteiger partial charge in [0.15, 0.2) is 0 Å². The van der Waals surface area contributed by atoms with Crippen LogP contribution in [0.4, 0.5) is 11.5 Å². The zero-order chi connectivity index (χ0) is 16.2. The number of rotatable bonds is 3. The maximum absolute atomic E-state index is 12.4. The summed E-state index contributed by atoms with van der Waals surface area (Å²) in [6.07, 6.45) is 5.03. The summed E-state index contributed by atoms with van der Waals surface area (Å²) < 4.78 is 0. The molecule has 1 N–H and O–H groups in total. The van der Waals surface area contributed by atoms with Gasteiger partial charge in [0.25, 0.3) is 5.91 Å². The second-order valence-corrected chi connectivity index (χ2v) is 6.23. The van der Waals surface area contributed by atoms with E-state index < -0.39 is 0 Å². The molecule has 0 saturated carbocycles. The van der Waals surface area contributed by atoms with Gasteiger partial charge >= 0.3 is 0 Å². The Kier molecular flexibility index (Phi) is 4.82. The van der Waals surface area contributed by atoms with E-state index in [1.807, 2.05) is 42.2 Å². The van der Waals surface area contributed by atoms with Crippen LogP contribution in [0.1, 0.15) is 35.2 Å². The molecule has 0 atom stereocenters. The molecule has 0 unspecified atom stereocenters. The van der Waals surface area contributed by atoms with Crippen LogP contribution >= 0.6 is 11.6 Å². The van der Waals surface area contributed by atoms with E-state index in [2.05, 4.69) is 10.3 Å². The number of anilines is 2. The average Bonchev–Trinajstić information content (AvgIpc) is 2.60. The second-order valence-electron chi connectivity index (χ2n) is 5.82. The fourth-order valence-corrected chi connectivity index (χ4v) is 2.93. The fraction of sp³-hybridized carbons (Fsp3) is 0.333. The quantitative estimate of drug-likeness (QED) is 0.907. The molecule has 3 rings (SSSR count). The van der Waals surface area contributed by atoms with Crippen molar-refractivity contribution in [3.63, 3.8) is 0 Å². The van der Waals surface area contributed by atoms with E-state index in [0.29, 0.717) is 16.4 Å². The number of halogens is 1. The van der Waals surface area contributed by atoms with E-state index in [1.165, 1.54) is 6.42 Å². The molecule has 0 spiro atoms. The van der Waals surface area contributed by atoms with Crippen LogP contribution in [0.5, 0.6) is 0 Å². The number of piperidine rings is 1. The molecule has 1 aliphatic rings. The topological polar surface area (TPSA) is 45.2 Å². The third-order valence-corrected chi connectivity index (χ3v) is 4.59. The molecular formula is C18H20ClN3O. The number of amides is 1. The van der Waals surface area contributed by atoms with Crippen LogP contribution in [0.15, 0.2) is 36.5 Å². The average molecular weight is 330 g/mol. The SMILES string of the molecule is Cc1c(Cl)cccc1Nc1ccc(C(=O)N2CCCCC2)cn1. The summed E-state index contributed by atoms with van der Waals surface area (Å²) in [6, 6.07) is 9.36. The summed E-state index contributed by atoms with van der Waals surface area (Å²) in [7, 11) is 0. The predicted molar refractivity (Wildman–Crippen MR) is 93.5 cm³/mol. The number of carbonyl (C=O) groups excluding carboxylic acids is 1. The van der Waals surface area contributed by atoms with Gasteiger partial charge in [-0.05, 0) is 56.0 Å². The third-order valence-electron chi connectivity index (χ3n) is 4.18. The Bertz CT molecular complexity index is 694. The summed E-state index contributed by atoms with van der Waals surface area (Å²) in [4.78, 5) is 18.7. The van der Waals surface area contributed by atoms with Gasteiger partial charge in [-0.3, -0.25) is 4.79 Å². The zero-order valence-electron chi connectivity index (χ0n) is 13.2. The van der Waals surface area contributed by atoms with Crippen molar-refractivity contribution >= 4 is 29.0 Å². The summed E-state index contributed by atoms with van der Waals surface area (Å²) in [6.45, 7) is 3.65. The largest absolute Gasteiger partial charge is 0.340 e. The Balaban J connectivity index is 1.71. The molecule has 0 radical (unpaired) electrons. The van der Waals surface area contributed by atoms with Crippen LogP contribution in [-0.2, 0) is 0 Å². The van der Waals surface area contributed by atoms with Crippen molar-refractivity contribution in [2.24, 2.45) is 0 Å². The molecule has 2 heterocycles. The number of hydrogen-bond donors (Lipinski definition) is 1. The Hall–Kier alpha value is -2.07. The van der Waals surface area contributed by atoms with Gasteiger partial charge in [0.05, 0.1) is 5.56 Å². The van der Waals surface area contributed by atoms with Crippen LogP contribution in [-0.4, -0.2) is 28.9 Å². The molecule has 1 amide bonds. The molecule has 0 bridgehead atoms. The van der Waals surface area contributed by atoms with Gasteiger partial charge in [-0.25, -0.2) is 4.98 Å². The van der Waals surface area contributed by atoms with E-state index in [4.69, 9.17) is 11.6 Å². The number of pyridine rings is 1. The molecule has 23 heavy (non-hydrogen) atoms. The van der Waals surface area contributed by atoms with Crippen molar-refractivity contribution in [2.45, 2.75) is 26.2 Å². The number of nitrogens with one attached hydrogen (secondary N) is 1. The number of likely N-dealkylation sites (tertiary alicyclic amines) is 1. The van der Waals surface area contributed by atoms with Crippen LogP contribution in [0.2, 0.25) is 5.02 Å². The van der Waals surface area contributed by atoms with E-state index in [1.54, 1.807) is 6.20 Å². The highest BCUT2D eigenvalue weighted by Crippen LogP contribution is 2.25. The van der Waals surface area contributed by atoms with E-state index in [0.717, 1.165) is 37.2 Å². The van der Waals surface area contributed by atoms with Gasteiger partial charge in [-0.15, -0.1) is 0 Å². The number of hydrogen-bond acceptors (Lipinski definition) is 3. The predicted octanol–water partition coefficient (Wildman–Crippen LogP) is 4.41. The minimum absolute atomic E-state index is 0.0719. The Morgan fingerprint density at radius 3 is 2.65 bits per heavy atom. The summed E-state index contributed by atoms with van der Waals surface area (Å²) in [5.74, 6) is 0.772. The van der Waals surface area contributed by atoms with Crippen molar-refractivity contribution < 1.29 is 4.79 Å². The lowest BCUT2D eigenvalue weighted by molar-refractivity contribution is 0.0724. The van der Waals surface area contributed by atoms with Crippen LogP contribution in [0.25, 0.3) is 0 Å². The number of nitrogens with zero attached hydrogens (tertiary/aromatic N) is 2. The maximum atomic E-state index is 12.4. The molecule has 1 aromatic carbocycles. The highest BCUT2D eigenvalue weighted by molar-refractivity contribution is 6.31. The van der Waals surface area contributed by atoms with Gasteiger partial charge in [-0.2, -0.15) is 0 Å². The Labute approximate surface area is 141 Å². The first-order valence-electron chi connectivity index (χ1n) is 7.92. The van der Waals surface area contributed by atoms with Crippen molar-refractivity contribution in [1.29, 1.82) is 0 Å². The fourth-order valence-electron chi connectivity index (χ4n) is 2.75. The van der Waals surface area contributed by atoms with Crippen LogP contribution in [0, 0.1) is 6.92 Å². The van der Waals surface area contributed by atoms with Crippen molar-refractivity contribution in [2.75, 3.05) is 18.4 Å². The van der Waals surface area contributed by atoms with Gasteiger partial charge in [0.1, 0.15) is 5.82 Å². The minimum Gasteiger partial charge on any atom is -0.340 e. The maximum Gasteiger partial charge on any atom is 0.255 e. The van der Waals surface area contributed by atoms with Crippen molar-refractivity contribution in [1.82, 2.24) is 9.88 Å². The van der Waals surface area contributed by atoms with Crippen molar-refractivity contribution in [3.8, 4) is 0 Å². The number of carbonyl (C=O) groups is 1. The molecule has 0 aliphatic carbocycles. The van der Waals surface area contributed by atoms with Crippen LogP contribution in [0.3, 0.4) is 0 Å². The van der Waals surface area contributed by atoms with Gasteiger partial charge in [0.2, 0.25) is 0 Å². The monoisotopic (exact) mass is 329 g/mol. The van der Waals surface area contributed by atoms with Crippen LogP contribution < -0.4 is 5.32 Å².